The Kier molecular flexibility index (Phi) is 4.26. The molecule has 1 fully saturated rings. The van der Waals surface area contributed by atoms with Crippen molar-refractivity contribution in [1.82, 2.24) is 14.4 Å². The van der Waals surface area contributed by atoms with Crippen LogP contribution in [0.3, 0.4) is 0 Å². The van der Waals surface area contributed by atoms with Crippen molar-refractivity contribution >= 4 is 10.0 Å². The van der Waals surface area contributed by atoms with Gasteiger partial charge in [0.05, 0.1) is 11.7 Å². The third-order valence-electron chi connectivity index (χ3n) is 3.86. The predicted molar refractivity (Wildman–Crippen MR) is 81.6 cm³/mol. The summed E-state index contributed by atoms with van der Waals surface area (Å²) in [6, 6.07) is 9.25. The molecule has 0 amide bonds. The highest BCUT2D eigenvalue weighted by molar-refractivity contribution is 7.88. The van der Waals surface area contributed by atoms with Gasteiger partial charge < -0.3 is 4.52 Å². The number of benzene rings is 1. The van der Waals surface area contributed by atoms with Gasteiger partial charge in [0.1, 0.15) is 0 Å². The van der Waals surface area contributed by atoms with Crippen molar-refractivity contribution in [3.8, 4) is 0 Å². The number of nitrogens with zero attached hydrogens (tertiary/aromatic N) is 3. The highest BCUT2D eigenvalue weighted by atomic mass is 32.2. The number of aromatic nitrogens is 2. The number of aryl methyl sites for hydroxylation is 1. The number of sulfonamides is 1. The minimum absolute atomic E-state index is 0.0134. The van der Waals surface area contributed by atoms with Crippen LogP contribution in [0.5, 0.6) is 0 Å². The van der Waals surface area contributed by atoms with E-state index in [-0.39, 0.29) is 11.7 Å². The molecule has 6 nitrogen and oxygen atoms in total. The van der Waals surface area contributed by atoms with Gasteiger partial charge in [-0.15, -0.1) is 0 Å². The Labute approximate surface area is 130 Å². The second kappa shape index (κ2) is 6.18. The van der Waals surface area contributed by atoms with E-state index in [1.165, 1.54) is 0 Å². The van der Waals surface area contributed by atoms with Crippen LogP contribution in [-0.4, -0.2) is 36.0 Å². The smallest absolute Gasteiger partial charge is 0.231 e. The van der Waals surface area contributed by atoms with E-state index in [0.717, 1.165) is 18.4 Å². The minimum atomic E-state index is -3.33. The lowest BCUT2D eigenvalue weighted by Crippen LogP contribution is -2.39. The van der Waals surface area contributed by atoms with Gasteiger partial charge >= 0.3 is 0 Å². The molecule has 0 saturated carbocycles. The Morgan fingerprint density at radius 3 is 2.77 bits per heavy atom. The molecule has 118 valence electrons. The van der Waals surface area contributed by atoms with Crippen LogP contribution in [0.1, 0.15) is 36.0 Å². The van der Waals surface area contributed by atoms with Crippen molar-refractivity contribution < 1.29 is 12.9 Å². The molecular formula is C15H19N3O3S. The van der Waals surface area contributed by atoms with Gasteiger partial charge in [-0.3, -0.25) is 0 Å². The van der Waals surface area contributed by atoms with E-state index < -0.39 is 10.0 Å². The molecule has 1 aliphatic heterocycles. The molecule has 0 radical (unpaired) electrons. The first-order valence-corrected chi connectivity index (χ1v) is 8.97. The molecule has 0 spiro atoms. The summed E-state index contributed by atoms with van der Waals surface area (Å²) < 4.78 is 31.9. The molecule has 1 saturated heterocycles. The molecule has 3 rings (SSSR count). The predicted octanol–water partition coefficient (Wildman–Crippen LogP) is 2.09. The second-order valence-corrected chi connectivity index (χ2v) is 7.59. The van der Waals surface area contributed by atoms with Crippen LogP contribution in [0.25, 0.3) is 0 Å². The lowest BCUT2D eigenvalue weighted by atomic mass is 10.00. The van der Waals surface area contributed by atoms with E-state index >= 15 is 0 Å². The van der Waals surface area contributed by atoms with Gasteiger partial charge in [0.25, 0.3) is 0 Å². The van der Waals surface area contributed by atoms with Gasteiger partial charge in [0, 0.05) is 13.1 Å². The van der Waals surface area contributed by atoms with Crippen LogP contribution >= 0.6 is 0 Å². The zero-order valence-electron chi connectivity index (χ0n) is 12.5. The largest absolute Gasteiger partial charge is 0.339 e. The summed E-state index contributed by atoms with van der Waals surface area (Å²) in [5.74, 6) is 1.14. The number of hydrogen-bond donors (Lipinski definition) is 0. The Morgan fingerprint density at radius 2 is 2.09 bits per heavy atom. The molecule has 2 heterocycles. The zero-order chi connectivity index (χ0) is 15.6. The molecule has 2 aromatic rings. The Hall–Kier alpha value is -1.73. The van der Waals surface area contributed by atoms with Crippen LogP contribution in [0.15, 0.2) is 34.9 Å². The zero-order valence-corrected chi connectivity index (χ0v) is 13.3. The molecule has 1 aromatic heterocycles. The van der Waals surface area contributed by atoms with Crippen molar-refractivity contribution in [2.45, 2.75) is 31.4 Å². The van der Waals surface area contributed by atoms with Crippen molar-refractivity contribution in [2.24, 2.45) is 0 Å². The monoisotopic (exact) mass is 321 g/mol. The molecule has 1 aromatic carbocycles. The fourth-order valence-electron chi connectivity index (χ4n) is 2.75. The standard InChI is InChI=1S/C15H19N3O3S/c1-12-16-15(21-17-12)14-8-5-9-18(10-14)22(19,20)11-13-6-3-2-4-7-13/h2-4,6-7,14H,5,8-11H2,1H3/t14-/m0/s1. The average Bonchev–Trinajstić information content (AvgIpc) is 2.95. The first-order valence-electron chi connectivity index (χ1n) is 7.36. The molecule has 1 atom stereocenters. The number of piperidine rings is 1. The summed E-state index contributed by atoms with van der Waals surface area (Å²) in [4.78, 5) is 4.24. The van der Waals surface area contributed by atoms with Gasteiger partial charge in [0.2, 0.25) is 15.9 Å². The van der Waals surface area contributed by atoms with Crippen molar-refractivity contribution in [3.05, 3.63) is 47.6 Å². The van der Waals surface area contributed by atoms with E-state index in [4.69, 9.17) is 4.52 Å². The average molecular weight is 321 g/mol. The lowest BCUT2D eigenvalue weighted by Gasteiger charge is -2.30. The maximum Gasteiger partial charge on any atom is 0.231 e. The number of rotatable bonds is 4. The summed E-state index contributed by atoms with van der Waals surface area (Å²) in [6.45, 7) is 2.73. The summed E-state index contributed by atoms with van der Waals surface area (Å²) >= 11 is 0. The van der Waals surface area contributed by atoms with Gasteiger partial charge in [0.15, 0.2) is 5.82 Å². The molecule has 0 bridgehead atoms. The molecule has 7 heteroatoms. The van der Waals surface area contributed by atoms with Gasteiger partial charge in [-0.25, -0.2) is 12.7 Å². The van der Waals surface area contributed by atoms with Crippen molar-refractivity contribution in [2.75, 3.05) is 13.1 Å². The fourth-order valence-corrected chi connectivity index (χ4v) is 4.36. The fraction of sp³-hybridized carbons (Fsp3) is 0.467. The van der Waals surface area contributed by atoms with Gasteiger partial charge in [-0.1, -0.05) is 35.5 Å². The summed E-state index contributed by atoms with van der Waals surface area (Å²) in [5.41, 5.74) is 0.804. The lowest BCUT2D eigenvalue weighted by molar-refractivity contribution is 0.265. The van der Waals surface area contributed by atoms with E-state index in [1.54, 1.807) is 11.2 Å². The van der Waals surface area contributed by atoms with Gasteiger partial charge in [-0.05, 0) is 25.3 Å². The van der Waals surface area contributed by atoms with E-state index in [0.29, 0.717) is 24.8 Å². The molecule has 0 aliphatic carbocycles. The Balaban J connectivity index is 1.73. The summed E-state index contributed by atoms with van der Waals surface area (Å²) in [6.07, 6.45) is 1.68. The number of hydrogen-bond acceptors (Lipinski definition) is 5. The van der Waals surface area contributed by atoms with Crippen LogP contribution in [0, 0.1) is 6.92 Å². The Bertz CT molecular complexity index is 728. The minimum Gasteiger partial charge on any atom is -0.339 e. The van der Waals surface area contributed by atoms with Crippen LogP contribution in [0.4, 0.5) is 0 Å². The normalized spacial score (nSPS) is 20.1. The SMILES string of the molecule is Cc1noc([C@H]2CCCN(S(=O)(=O)Cc3ccccc3)C2)n1. The molecular weight excluding hydrogens is 302 g/mol. The molecule has 0 N–H and O–H groups in total. The Morgan fingerprint density at radius 1 is 1.32 bits per heavy atom. The highest BCUT2D eigenvalue weighted by Crippen LogP contribution is 2.28. The summed E-state index contributed by atoms with van der Waals surface area (Å²) in [7, 11) is -3.33. The van der Waals surface area contributed by atoms with Crippen molar-refractivity contribution in [3.63, 3.8) is 0 Å². The molecule has 1 aliphatic rings. The maximum absolute atomic E-state index is 12.6. The van der Waals surface area contributed by atoms with Crippen LogP contribution < -0.4 is 0 Å². The molecule has 0 unspecified atom stereocenters. The summed E-state index contributed by atoms with van der Waals surface area (Å²) in [5, 5.41) is 3.79. The molecule has 22 heavy (non-hydrogen) atoms. The third-order valence-corrected chi connectivity index (χ3v) is 5.68. The first kappa shape index (κ1) is 15.2. The van der Waals surface area contributed by atoms with E-state index in [1.807, 2.05) is 30.3 Å². The van der Waals surface area contributed by atoms with Crippen LogP contribution in [0.2, 0.25) is 0 Å². The topological polar surface area (TPSA) is 76.3 Å². The van der Waals surface area contributed by atoms with Crippen LogP contribution in [-0.2, 0) is 15.8 Å². The third kappa shape index (κ3) is 3.36. The van der Waals surface area contributed by atoms with E-state index in [9.17, 15) is 8.42 Å². The van der Waals surface area contributed by atoms with Gasteiger partial charge in [-0.2, -0.15) is 4.98 Å². The first-order chi connectivity index (χ1) is 10.5. The highest BCUT2D eigenvalue weighted by Gasteiger charge is 2.32. The maximum atomic E-state index is 12.6. The van der Waals surface area contributed by atoms with E-state index in [2.05, 4.69) is 10.1 Å². The second-order valence-electron chi connectivity index (χ2n) is 5.62. The quantitative estimate of drug-likeness (QED) is 0.862. The van der Waals surface area contributed by atoms with Crippen molar-refractivity contribution in [1.29, 1.82) is 0 Å².